The molecule has 9 nitrogen and oxygen atoms in total. The number of likely N-dealkylation sites (N-methyl/N-ethyl adjacent to an activating group) is 1. The number of nitrogens with one attached hydrogen (secondary N) is 1. The highest BCUT2D eigenvalue weighted by atomic mass is 32.2. The largest absolute Gasteiger partial charge is 0.480 e. The van der Waals surface area contributed by atoms with Crippen molar-refractivity contribution in [2.24, 2.45) is 0 Å². The Hall–Kier alpha value is -2.35. The third kappa shape index (κ3) is 6.99. The van der Waals surface area contributed by atoms with Crippen molar-refractivity contribution in [3.63, 3.8) is 0 Å². The van der Waals surface area contributed by atoms with Gasteiger partial charge in [0.25, 0.3) is 5.91 Å². The smallest absolute Gasteiger partial charge is 0.370 e. The molecule has 0 saturated carbocycles. The van der Waals surface area contributed by atoms with Crippen molar-refractivity contribution in [2.45, 2.75) is 28.6 Å². The molecule has 0 aromatic heterocycles. The third-order valence-electron chi connectivity index (χ3n) is 6.80. The Labute approximate surface area is 231 Å². The first kappa shape index (κ1) is 28.6. The van der Waals surface area contributed by atoms with Crippen LogP contribution in [0.2, 0.25) is 0 Å². The lowest BCUT2D eigenvalue weighted by molar-refractivity contribution is -0.148. The van der Waals surface area contributed by atoms with E-state index in [2.05, 4.69) is 5.32 Å². The maximum Gasteiger partial charge on any atom is 0.370 e. The summed E-state index contributed by atoms with van der Waals surface area (Å²) in [6.45, 7) is 0.201. The van der Waals surface area contributed by atoms with E-state index >= 15 is 0 Å². The highest BCUT2D eigenvalue weighted by Gasteiger charge is 2.51. The highest BCUT2D eigenvalue weighted by Crippen LogP contribution is 2.51. The molecule has 2 heterocycles. The fourth-order valence-electron chi connectivity index (χ4n) is 4.92. The molecule has 1 spiro atoms. The average molecular weight is 576 g/mol. The molecule has 0 radical (unpaired) electrons. The minimum atomic E-state index is -4.15. The molecule has 38 heavy (non-hydrogen) atoms. The zero-order chi connectivity index (χ0) is 27.3. The topological polar surface area (TPSA) is 130 Å². The van der Waals surface area contributed by atoms with Crippen molar-refractivity contribution in [1.29, 1.82) is 0 Å². The molecular weight excluding hydrogens is 543 g/mol. The van der Waals surface area contributed by atoms with Gasteiger partial charge in [0.05, 0.1) is 16.3 Å². The zero-order valence-corrected chi connectivity index (χ0v) is 23.8. The fourth-order valence-corrected chi connectivity index (χ4v) is 10.2. The maximum absolute atomic E-state index is 13.2. The van der Waals surface area contributed by atoms with Crippen LogP contribution in [0.15, 0.2) is 60.7 Å². The molecule has 2 fully saturated rings. The summed E-state index contributed by atoms with van der Waals surface area (Å²) in [6.07, 6.45) is 0.409. The van der Waals surface area contributed by atoms with E-state index in [1.807, 2.05) is 30.3 Å². The summed E-state index contributed by atoms with van der Waals surface area (Å²) in [4.78, 5) is 63.6. The molecule has 0 aliphatic carbocycles. The Morgan fingerprint density at radius 2 is 1.68 bits per heavy atom. The van der Waals surface area contributed by atoms with E-state index in [-0.39, 0.29) is 29.1 Å². The number of carbonyl (C=O) groups excluding carboxylic acids is 2. The van der Waals surface area contributed by atoms with Gasteiger partial charge in [-0.05, 0) is 31.2 Å². The summed E-state index contributed by atoms with van der Waals surface area (Å²) >= 11 is 3.42. The number of aliphatic carboxylic acids is 1. The highest BCUT2D eigenvalue weighted by molar-refractivity contribution is 8.21. The predicted octanol–water partition coefficient (Wildman–Crippen LogP) is 1.33. The fraction of sp³-hybridized carbons (Fsp3) is 0.423. The van der Waals surface area contributed by atoms with E-state index in [0.717, 1.165) is 17.1 Å². The number of benzene rings is 2. The van der Waals surface area contributed by atoms with Gasteiger partial charge < -0.3 is 24.9 Å². The second-order valence-electron chi connectivity index (χ2n) is 9.82. The number of rotatable bonds is 10. The average Bonchev–Trinajstić information content (AvgIpc) is 3.51. The van der Waals surface area contributed by atoms with Crippen LogP contribution in [0.3, 0.4) is 0 Å². The van der Waals surface area contributed by atoms with Gasteiger partial charge >= 0.3 is 14.5 Å². The Bertz CT molecular complexity index is 1130. The van der Waals surface area contributed by atoms with Crippen LogP contribution in [0.1, 0.15) is 22.3 Å². The van der Waals surface area contributed by atoms with Crippen molar-refractivity contribution >= 4 is 49.9 Å². The summed E-state index contributed by atoms with van der Waals surface area (Å²) in [5.74, 6) is 0.0655. The molecule has 204 valence electrons. The van der Waals surface area contributed by atoms with E-state index in [1.165, 1.54) is 9.80 Å². The molecule has 2 amide bonds. The molecule has 2 saturated heterocycles. The molecule has 0 unspecified atom stereocenters. The normalized spacial score (nSPS) is 19.6. The number of carbonyl (C=O) groups is 3. The van der Waals surface area contributed by atoms with Crippen molar-refractivity contribution in [3.8, 4) is 0 Å². The second-order valence-corrected chi connectivity index (χ2v) is 15.8. The van der Waals surface area contributed by atoms with Crippen LogP contribution >= 0.6 is 23.5 Å². The molecule has 4 rings (SSSR count). The van der Waals surface area contributed by atoms with Crippen LogP contribution in [-0.4, -0.2) is 104 Å². The van der Waals surface area contributed by atoms with Crippen LogP contribution in [0.25, 0.3) is 0 Å². The summed E-state index contributed by atoms with van der Waals surface area (Å²) in [5.41, 5.74) is 0.301. The first-order valence-corrected chi connectivity index (χ1v) is 16.6. The minimum Gasteiger partial charge on any atom is -0.480 e. The Kier molecular flexibility index (Phi) is 9.22. The number of hydrogen-bond acceptors (Lipinski definition) is 8. The lowest BCUT2D eigenvalue weighted by Crippen LogP contribution is -2.64. The van der Waals surface area contributed by atoms with Gasteiger partial charge in [0.15, 0.2) is 0 Å². The lowest BCUT2D eigenvalue weighted by Gasteiger charge is -2.33. The zero-order valence-electron chi connectivity index (χ0n) is 21.2. The van der Waals surface area contributed by atoms with Crippen molar-refractivity contribution in [1.82, 2.24) is 15.1 Å². The van der Waals surface area contributed by atoms with Crippen LogP contribution in [-0.2, 0) is 16.0 Å². The van der Waals surface area contributed by atoms with Gasteiger partial charge in [0.1, 0.15) is 6.04 Å². The predicted molar refractivity (Wildman–Crippen MR) is 151 cm³/mol. The van der Waals surface area contributed by atoms with E-state index in [9.17, 15) is 29.1 Å². The van der Waals surface area contributed by atoms with Gasteiger partial charge in [0.2, 0.25) is 5.91 Å². The molecule has 2 aliphatic heterocycles. The van der Waals surface area contributed by atoms with E-state index in [0.29, 0.717) is 18.5 Å². The van der Waals surface area contributed by atoms with E-state index in [4.69, 9.17) is 0 Å². The van der Waals surface area contributed by atoms with Gasteiger partial charge in [-0.2, -0.15) is 0 Å². The molecule has 2 atom stereocenters. The molecule has 2 aliphatic rings. The molecular formula is C26H33N3O6S2Si. The number of carboxylic acids is 1. The van der Waals surface area contributed by atoms with Crippen LogP contribution in [0.5, 0.6) is 0 Å². The molecule has 4 N–H and O–H groups in total. The van der Waals surface area contributed by atoms with Crippen LogP contribution in [0, 0.1) is 0 Å². The first-order valence-electron chi connectivity index (χ1n) is 12.4. The first-order chi connectivity index (χ1) is 18.1. The standard InChI is InChI=1S/C26H33N3O6S2Si/c1-28(16-23(30)29-17-26(36-12-13-37-26)15-21(29)25(32)33)18-38(34,35)22(14-19-8-4-2-5-9-19)27-24(31)20-10-6-3-7-11-20/h2-11,21-22,34-35H,12-18H2,1H3,(H,27,31)(H,32,33)/t21-,22+/m0/s1. The third-order valence-corrected chi connectivity index (χ3v) is 12.7. The van der Waals surface area contributed by atoms with E-state index < -0.39 is 32.1 Å². The number of thioether (sulfide) groups is 2. The quantitative estimate of drug-likeness (QED) is 0.310. The van der Waals surface area contributed by atoms with Gasteiger partial charge in [-0.3, -0.25) is 14.5 Å². The second kappa shape index (κ2) is 12.2. The Morgan fingerprint density at radius 1 is 1.08 bits per heavy atom. The van der Waals surface area contributed by atoms with Gasteiger partial charge in [0, 0.05) is 36.2 Å². The lowest BCUT2D eigenvalue weighted by atomic mass is 10.1. The number of likely N-dealkylation sites (tertiary alicyclic amines) is 1. The van der Waals surface area contributed by atoms with Gasteiger partial charge in [-0.15, -0.1) is 23.5 Å². The number of carboxylic acid groups (broad SMARTS) is 1. The van der Waals surface area contributed by atoms with E-state index in [1.54, 1.807) is 60.9 Å². The SMILES string of the molecule is CN(CC(=O)N1CC2(C[C@H]1C(=O)O)SCCS2)C[Si](O)(O)[C@H](Cc1ccccc1)NC(=O)c1ccccc1. The maximum atomic E-state index is 13.2. The number of amides is 2. The molecule has 2 aromatic carbocycles. The number of nitrogens with zero attached hydrogens (tertiary/aromatic N) is 2. The van der Waals surface area contributed by atoms with Crippen LogP contribution in [0.4, 0.5) is 0 Å². The van der Waals surface area contributed by atoms with Crippen molar-refractivity contribution in [3.05, 3.63) is 71.8 Å². The molecule has 12 heteroatoms. The van der Waals surface area contributed by atoms with Gasteiger partial charge in [-0.1, -0.05) is 48.5 Å². The van der Waals surface area contributed by atoms with Crippen molar-refractivity contribution < 1.29 is 29.1 Å². The monoisotopic (exact) mass is 575 g/mol. The summed E-state index contributed by atoms with van der Waals surface area (Å²) in [7, 11) is -2.55. The molecule has 0 bridgehead atoms. The number of hydrogen-bond donors (Lipinski definition) is 4. The minimum absolute atomic E-state index is 0.157. The Balaban J connectivity index is 1.45. The summed E-state index contributed by atoms with van der Waals surface area (Å²) in [6, 6.07) is 16.9. The van der Waals surface area contributed by atoms with Gasteiger partial charge in [-0.25, -0.2) is 4.79 Å². The van der Waals surface area contributed by atoms with Crippen molar-refractivity contribution in [2.75, 3.05) is 37.8 Å². The van der Waals surface area contributed by atoms with Crippen LogP contribution < -0.4 is 5.32 Å². The summed E-state index contributed by atoms with van der Waals surface area (Å²) < 4.78 is -0.285. The molecule has 2 aromatic rings. The Morgan fingerprint density at radius 3 is 2.29 bits per heavy atom. The summed E-state index contributed by atoms with van der Waals surface area (Å²) in [5, 5.41) is 12.6.